The van der Waals surface area contributed by atoms with Gasteiger partial charge >= 0.3 is 0 Å². The normalized spacial score (nSPS) is 19.3. The number of hydrogen-bond acceptors (Lipinski definition) is 2. The van der Waals surface area contributed by atoms with Crippen molar-refractivity contribution in [1.82, 2.24) is 5.32 Å². The molecule has 0 bridgehead atoms. The quantitative estimate of drug-likeness (QED) is 0.538. The molecule has 0 amide bonds. The molecule has 1 rings (SSSR count). The molecule has 0 aromatic heterocycles. The lowest BCUT2D eigenvalue weighted by Gasteiger charge is -2.17. The number of rotatable bonds is 1. The van der Waals surface area contributed by atoms with E-state index in [0.717, 1.165) is 25.1 Å². The summed E-state index contributed by atoms with van der Waals surface area (Å²) in [6.07, 6.45) is 1.02. The average Bonchev–Trinajstić information content (AvgIpc) is 1.88. The number of aliphatic hydroxyl groups is 1. The van der Waals surface area contributed by atoms with Gasteiger partial charge in [0.15, 0.2) is 0 Å². The summed E-state index contributed by atoms with van der Waals surface area (Å²) < 4.78 is 0. The first-order valence-electron chi connectivity index (χ1n) is 3.49. The van der Waals surface area contributed by atoms with E-state index in [-0.39, 0.29) is 5.76 Å². The first-order valence-corrected chi connectivity index (χ1v) is 3.49. The van der Waals surface area contributed by atoms with Gasteiger partial charge in [-0.2, -0.15) is 0 Å². The minimum atomic E-state index is 0.213. The summed E-state index contributed by atoms with van der Waals surface area (Å²) in [5.74, 6) is 0.213. The molecule has 0 saturated carbocycles. The molecule has 0 spiro atoms. The summed E-state index contributed by atoms with van der Waals surface area (Å²) >= 11 is 0. The summed E-state index contributed by atoms with van der Waals surface area (Å²) in [7, 11) is 0. The minimum Gasteiger partial charge on any atom is -0.508 e. The highest BCUT2D eigenvalue weighted by atomic mass is 16.3. The second-order valence-electron chi connectivity index (χ2n) is 2.63. The van der Waals surface area contributed by atoms with Crippen molar-refractivity contribution >= 4 is 0 Å². The van der Waals surface area contributed by atoms with Gasteiger partial charge in [0, 0.05) is 12.1 Å². The van der Waals surface area contributed by atoms with Crippen molar-refractivity contribution in [1.29, 1.82) is 0 Å². The van der Waals surface area contributed by atoms with Crippen LogP contribution in [0.1, 0.15) is 13.3 Å². The molecule has 0 atom stereocenters. The van der Waals surface area contributed by atoms with Crippen molar-refractivity contribution < 1.29 is 5.11 Å². The van der Waals surface area contributed by atoms with Crippen molar-refractivity contribution in [3.63, 3.8) is 0 Å². The Labute approximate surface area is 61.3 Å². The van der Waals surface area contributed by atoms with Crippen LogP contribution in [-0.4, -0.2) is 18.2 Å². The molecular formula is C8H13NO. The van der Waals surface area contributed by atoms with Gasteiger partial charge in [-0.15, -0.1) is 0 Å². The van der Waals surface area contributed by atoms with Crippen LogP contribution >= 0.6 is 0 Å². The van der Waals surface area contributed by atoms with Crippen molar-refractivity contribution in [3.05, 3.63) is 23.5 Å². The Bertz CT molecular complexity index is 182. The molecule has 2 nitrogen and oxygen atoms in total. The molecular weight excluding hydrogens is 126 g/mol. The largest absolute Gasteiger partial charge is 0.508 e. The maximum atomic E-state index is 9.06. The van der Waals surface area contributed by atoms with Crippen LogP contribution in [0, 0.1) is 0 Å². The summed E-state index contributed by atoms with van der Waals surface area (Å²) in [6.45, 7) is 7.31. The van der Waals surface area contributed by atoms with E-state index in [1.165, 1.54) is 5.57 Å². The van der Waals surface area contributed by atoms with E-state index in [0.29, 0.717) is 0 Å². The fourth-order valence-corrected chi connectivity index (χ4v) is 1.14. The third-order valence-electron chi connectivity index (χ3n) is 1.84. The minimum absolute atomic E-state index is 0.213. The Morgan fingerprint density at radius 1 is 1.70 bits per heavy atom. The summed E-state index contributed by atoms with van der Waals surface area (Å²) in [5.41, 5.74) is 2.23. The van der Waals surface area contributed by atoms with Crippen LogP contribution in [0.3, 0.4) is 0 Å². The van der Waals surface area contributed by atoms with Crippen molar-refractivity contribution in [3.8, 4) is 0 Å². The Morgan fingerprint density at radius 3 is 2.80 bits per heavy atom. The molecule has 10 heavy (non-hydrogen) atoms. The Kier molecular flexibility index (Phi) is 2.12. The van der Waals surface area contributed by atoms with Crippen molar-refractivity contribution in [2.75, 3.05) is 13.1 Å². The van der Waals surface area contributed by atoms with E-state index >= 15 is 0 Å². The molecule has 0 aromatic rings. The summed E-state index contributed by atoms with van der Waals surface area (Å²) in [6, 6.07) is 0. The molecule has 1 aliphatic heterocycles. The van der Waals surface area contributed by atoms with Gasteiger partial charge in [-0.1, -0.05) is 12.2 Å². The van der Waals surface area contributed by atoms with E-state index in [1.807, 2.05) is 6.92 Å². The molecule has 0 unspecified atom stereocenters. The Hall–Kier alpha value is -0.760. The lowest BCUT2D eigenvalue weighted by molar-refractivity contribution is 0.416. The van der Waals surface area contributed by atoms with Gasteiger partial charge in [0.05, 0.1) is 0 Å². The molecule has 0 fully saturated rings. The van der Waals surface area contributed by atoms with Crippen molar-refractivity contribution in [2.24, 2.45) is 0 Å². The molecule has 0 saturated heterocycles. The van der Waals surface area contributed by atoms with E-state index in [9.17, 15) is 0 Å². The van der Waals surface area contributed by atoms with Gasteiger partial charge in [-0.05, 0) is 19.9 Å². The van der Waals surface area contributed by atoms with E-state index < -0.39 is 0 Å². The van der Waals surface area contributed by atoms with Crippen LogP contribution in [0.15, 0.2) is 23.5 Å². The fraction of sp³-hybridized carbons (Fsp3) is 0.500. The van der Waals surface area contributed by atoms with Crippen LogP contribution < -0.4 is 5.32 Å². The van der Waals surface area contributed by atoms with Crippen LogP contribution in [-0.2, 0) is 0 Å². The smallest absolute Gasteiger partial charge is 0.112 e. The predicted molar refractivity (Wildman–Crippen MR) is 42.0 cm³/mol. The highest BCUT2D eigenvalue weighted by molar-refractivity contribution is 5.30. The third kappa shape index (κ3) is 1.39. The zero-order chi connectivity index (χ0) is 7.56. The number of hydrogen-bond donors (Lipinski definition) is 2. The van der Waals surface area contributed by atoms with Gasteiger partial charge in [0.1, 0.15) is 5.76 Å². The SMILES string of the molecule is C=C(O)C1=C(C)CCNC1. The van der Waals surface area contributed by atoms with Crippen LogP contribution in [0.4, 0.5) is 0 Å². The van der Waals surface area contributed by atoms with Crippen LogP contribution in [0.5, 0.6) is 0 Å². The maximum Gasteiger partial charge on any atom is 0.112 e. The van der Waals surface area contributed by atoms with Gasteiger partial charge in [-0.3, -0.25) is 0 Å². The first kappa shape index (κ1) is 7.35. The topological polar surface area (TPSA) is 32.3 Å². The molecule has 2 heteroatoms. The number of aliphatic hydroxyl groups excluding tert-OH is 1. The maximum absolute atomic E-state index is 9.06. The van der Waals surface area contributed by atoms with Gasteiger partial charge in [0.25, 0.3) is 0 Å². The molecule has 1 heterocycles. The van der Waals surface area contributed by atoms with E-state index in [1.54, 1.807) is 0 Å². The molecule has 2 N–H and O–H groups in total. The van der Waals surface area contributed by atoms with Crippen molar-refractivity contribution in [2.45, 2.75) is 13.3 Å². The molecule has 0 radical (unpaired) electrons. The van der Waals surface area contributed by atoms with Gasteiger partial charge < -0.3 is 10.4 Å². The second kappa shape index (κ2) is 2.88. The van der Waals surface area contributed by atoms with Gasteiger partial charge in [-0.25, -0.2) is 0 Å². The lowest BCUT2D eigenvalue weighted by atomic mass is 10.0. The van der Waals surface area contributed by atoms with E-state index in [2.05, 4.69) is 11.9 Å². The highest BCUT2D eigenvalue weighted by Crippen LogP contribution is 2.15. The molecule has 56 valence electrons. The summed E-state index contributed by atoms with van der Waals surface area (Å²) in [4.78, 5) is 0. The third-order valence-corrected chi connectivity index (χ3v) is 1.84. The standard InChI is InChI=1S/C8H13NO/c1-6-3-4-9-5-8(6)7(2)10/h9-10H,2-5H2,1H3. The molecule has 1 aliphatic rings. The zero-order valence-corrected chi connectivity index (χ0v) is 6.28. The van der Waals surface area contributed by atoms with Crippen LogP contribution in [0.2, 0.25) is 0 Å². The zero-order valence-electron chi connectivity index (χ0n) is 6.28. The first-order chi connectivity index (χ1) is 4.72. The van der Waals surface area contributed by atoms with E-state index in [4.69, 9.17) is 5.11 Å². The highest BCUT2D eigenvalue weighted by Gasteiger charge is 2.09. The average molecular weight is 139 g/mol. The Balaban J connectivity index is 2.78. The Morgan fingerprint density at radius 2 is 2.40 bits per heavy atom. The predicted octanol–water partition coefficient (Wildman–Crippen LogP) is 1.37. The monoisotopic (exact) mass is 139 g/mol. The molecule has 0 aliphatic carbocycles. The fourth-order valence-electron chi connectivity index (χ4n) is 1.14. The second-order valence-corrected chi connectivity index (χ2v) is 2.63. The lowest BCUT2D eigenvalue weighted by Crippen LogP contribution is -2.25. The van der Waals surface area contributed by atoms with Gasteiger partial charge in [0.2, 0.25) is 0 Å². The van der Waals surface area contributed by atoms with Crippen LogP contribution in [0.25, 0.3) is 0 Å². The summed E-state index contributed by atoms with van der Waals surface area (Å²) in [5, 5.41) is 12.2. The molecule has 0 aromatic carbocycles. The number of nitrogens with one attached hydrogen (secondary N) is 1.